The summed E-state index contributed by atoms with van der Waals surface area (Å²) in [5.41, 5.74) is 5.48. The Morgan fingerprint density at radius 1 is 1.44 bits per heavy atom. The molecule has 1 saturated heterocycles. The summed E-state index contributed by atoms with van der Waals surface area (Å²) in [4.78, 5) is 10.9. The van der Waals surface area contributed by atoms with Gasteiger partial charge in [-0.2, -0.15) is 0 Å². The van der Waals surface area contributed by atoms with E-state index < -0.39 is 12.6 Å². The van der Waals surface area contributed by atoms with Crippen molar-refractivity contribution >= 4 is 0 Å². The van der Waals surface area contributed by atoms with Crippen LogP contribution in [-0.4, -0.2) is 35.7 Å². The molecule has 1 aromatic rings. The van der Waals surface area contributed by atoms with Crippen LogP contribution >= 0.6 is 0 Å². The van der Waals surface area contributed by atoms with E-state index in [9.17, 15) is 4.79 Å². The van der Waals surface area contributed by atoms with E-state index in [2.05, 4.69) is 31.5 Å². The summed E-state index contributed by atoms with van der Waals surface area (Å²) in [6.07, 6.45) is -1.09. The molecular weight excluding hydrogens is 238 g/mol. The van der Waals surface area contributed by atoms with Crippen LogP contribution in [0, 0.1) is 0 Å². The minimum absolute atomic E-state index is 0.168. The fraction of sp³-hybridized carbons (Fsp3) is 0.556. The Bertz CT molecular complexity index is 417. The van der Waals surface area contributed by atoms with Gasteiger partial charge in [-0.15, -0.1) is 5.10 Å². The van der Waals surface area contributed by atoms with Gasteiger partial charge in [-0.05, 0) is 6.54 Å². The highest BCUT2D eigenvalue weighted by Gasteiger charge is 2.25. The van der Waals surface area contributed by atoms with Gasteiger partial charge in [0.25, 0.3) is 5.56 Å². The summed E-state index contributed by atoms with van der Waals surface area (Å²) in [5, 5.41) is 18.2. The maximum Gasteiger partial charge on any atom is 0.264 e. The number of aromatic nitrogens is 2. The second kappa shape index (κ2) is 5.89. The second-order valence-corrected chi connectivity index (χ2v) is 3.73. The van der Waals surface area contributed by atoms with Gasteiger partial charge >= 0.3 is 0 Å². The average molecular weight is 255 g/mol. The minimum atomic E-state index is -0.510. The molecule has 9 heteroatoms. The Hall–Kier alpha value is -1.52. The summed E-state index contributed by atoms with van der Waals surface area (Å²) >= 11 is 0. The van der Waals surface area contributed by atoms with Crippen molar-refractivity contribution in [2.75, 3.05) is 6.54 Å². The second-order valence-electron chi connectivity index (χ2n) is 3.73. The molecule has 2 heterocycles. The van der Waals surface area contributed by atoms with E-state index >= 15 is 0 Å². The number of nitrogens with one attached hydrogen (secondary N) is 5. The van der Waals surface area contributed by atoms with Gasteiger partial charge in [0.1, 0.15) is 12.6 Å². The lowest BCUT2D eigenvalue weighted by Gasteiger charge is -2.36. The Morgan fingerprint density at radius 3 is 2.94 bits per heavy atom. The molecule has 0 saturated carbocycles. The number of aromatic amines is 1. The molecule has 1 aliphatic rings. The number of hydrogen-bond acceptors (Lipinski definition) is 8. The number of rotatable bonds is 4. The van der Waals surface area contributed by atoms with E-state index in [4.69, 9.17) is 10.5 Å². The monoisotopic (exact) mass is 255 g/mol. The van der Waals surface area contributed by atoms with E-state index in [0.29, 0.717) is 5.88 Å². The van der Waals surface area contributed by atoms with Gasteiger partial charge in [0, 0.05) is 12.1 Å². The van der Waals surface area contributed by atoms with E-state index in [0.717, 1.165) is 6.54 Å². The molecule has 0 amide bonds. The van der Waals surface area contributed by atoms with E-state index in [1.54, 1.807) is 0 Å². The summed E-state index contributed by atoms with van der Waals surface area (Å²) in [6.45, 7) is 2.76. The van der Waals surface area contributed by atoms with Crippen molar-refractivity contribution in [1.82, 2.24) is 31.5 Å². The van der Waals surface area contributed by atoms with Crippen LogP contribution in [0.2, 0.25) is 0 Å². The van der Waals surface area contributed by atoms with Crippen molar-refractivity contribution < 1.29 is 4.74 Å². The molecule has 0 aliphatic carbocycles. The SMILES string of the molecule is CCN[C@@H]1N[C@@H](N)N[C@H](Oc2ccc(=O)[nH]n2)N1. The molecule has 100 valence electrons. The first-order valence-corrected chi connectivity index (χ1v) is 5.67. The zero-order chi connectivity index (χ0) is 13.0. The minimum Gasteiger partial charge on any atom is -0.444 e. The van der Waals surface area contributed by atoms with Crippen molar-refractivity contribution in [3.63, 3.8) is 0 Å². The lowest BCUT2D eigenvalue weighted by molar-refractivity contribution is 0.0365. The first-order chi connectivity index (χ1) is 8.67. The van der Waals surface area contributed by atoms with Crippen molar-refractivity contribution in [1.29, 1.82) is 0 Å². The maximum atomic E-state index is 10.9. The van der Waals surface area contributed by atoms with Gasteiger partial charge in [0.2, 0.25) is 12.2 Å². The third-order valence-corrected chi connectivity index (χ3v) is 2.30. The van der Waals surface area contributed by atoms with Crippen LogP contribution in [0.15, 0.2) is 16.9 Å². The fourth-order valence-corrected chi connectivity index (χ4v) is 1.55. The number of nitrogens with zero attached hydrogens (tertiary/aromatic N) is 1. The molecule has 1 aromatic heterocycles. The van der Waals surface area contributed by atoms with Crippen LogP contribution in [0.4, 0.5) is 0 Å². The van der Waals surface area contributed by atoms with Gasteiger partial charge < -0.3 is 10.5 Å². The lowest BCUT2D eigenvalue weighted by Crippen LogP contribution is -2.74. The largest absolute Gasteiger partial charge is 0.444 e. The number of nitrogens with two attached hydrogens (primary N) is 1. The molecule has 0 radical (unpaired) electrons. The molecule has 0 unspecified atom stereocenters. The van der Waals surface area contributed by atoms with Gasteiger partial charge in [-0.1, -0.05) is 6.92 Å². The predicted octanol–water partition coefficient (Wildman–Crippen LogP) is -2.65. The quantitative estimate of drug-likeness (QED) is 0.344. The number of H-pyrrole nitrogens is 1. The third-order valence-electron chi connectivity index (χ3n) is 2.30. The average Bonchev–Trinajstić information content (AvgIpc) is 2.32. The topological polar surface area (TPSA) is 129 Å². The highest BCUT2D eigenvalue weighted by molar-refractivity contribution is 5.06. The summed E-state index contributed by atoms with van der Waals surface area (Å²) in [5.74, 6) is 0.295. The number of hydrogen-bond donors (Lipinski definition) is 6. The molecule has 9 nitrogen and oxygen atoms in total. The van der Waals surface area contributed by atoms with E-state index in [1.807, 2.05) is 6.92 Å². The van der Waals surface area contributed by atoms with E-state index in [-0.39, 0.29) is 11.8 Å². The maximum absolute atomic E-state index is 10.9. The molecule has 7 N–H and O–H groups in total. The molecule has 0 bridgehead atoms. The van der Waals surface area contributed by atoms with Crippen LogP contribution in [0.1, 0.15) is 6.92 Å². The smallest absolute Gasteiger partial charge is 0.264 e. The summed E-state index contributed by atoms with van der Waals surface area (Å²) in [6, 6.07) is 2.82. The van der Waals surface area contributed by atoms with Crippen LogP contribution in [0.3, 0.4) is 0 Å². The highest BCUT2D eigenvalue weighted by Crippen LogP contribution is 2.02. The molecular formula is C9H17N7O2. The lowest BCUT2D eigenvalue weighted by atomic mass is 10.5. The summed E-state index contributed by atoms with van der Waals surface area (Å²) < 4.78 is 5.49. The molecule has 18 heavy (non-hydrogen) atoms. The molecule has 0 aromatic carbocycles. The van der Waals surface area contributed by atoms with E-state index in [1.165, 1.54) is 12.1 Å². The zero-order valence-corrected chi connectivity index (χ0v) is 9.93. The standard InChI is InChI=1S/C9H17N7O2/c1-2-11-8-12-7(10)13-9(14-8)18-6-4-3-5(17)15-16-6/h3-4,7-9,11-14H,2,10H2,1H3,(H,15,17)/t7-,8-,9+/m1/s1. The summed E-state index contributed by atoms with van der Waals surface area (Å²) in [7, 11) is 0. The Balaban J connectivity index is 1.95. The van der Waals surface area contributed by atoms with Crippen LogP contribution in [0.25, 0.3) is 0 Å². The van der Waals surface area contributed by atoms with Crippen LogP contribution in [-0.2, 0) is 0 Å². The molecule has 1 fully saturated rings. The normalized spacial score (nSPS) is 28.0. The number of ether oxygens (including phenoxy) is 1. The van der Waals surface area contributed by atoms with Gasteiger partial charge in [-0.3, -0.25) is 15.4 Å². The van der Waals surface area contributed by atoms with Crippen molar-refractivity contribution in [2.45, 2.75) is 25.9 Å². The fourth-order valence-electron chi connectivity index (χ4n) is 1.55. The third kappa shape index (κ3) is 3.48. The van der Waals surface area contributed by atoms with Crippen LogP contribution in [0.5, 0.6) is 5.88 Å². The Labute approximate surface area is 103 Å². The molecule has 2 rings (SSSR count). The molecule has 1 aliphatic heterocycles. The highest BCUT2D eigenvalue weighted by atomic mass is 16.5. The van der Waals surface area contributed by atoms with Gasteiger partial charge in [0.05, 0.1) is 0 Å². The Kier molecular flexibility index (Phi) is 4.23. The Morgan fingerprint density at radius 2 is 2.28 bits per heavy atom. The van der Waals surface area contributed by atoms with Crippen molar-refractivity contribution in [3.8, 4) is 5.88 Å². The van der Waals surface area contributed by atoms with Crippen molar-refractivity contribution in [3.05, 3.63) is 22.5 Å². The van der Waals surface area contributed by atoms with Gasteiger partial charge in [-0.25, -0.2) is 15.7 Å². The van der Waals surface area contributed by atoms with Gasteiger partial charge in [0.15, 0.2) is 0 Å². The zero-order valence-electron chi connectivity index (χ0n) is 9.93. The van der Waals surface area contributed by atoms with Crippen LogP contribution < -0.4 is 37.3 Å². The molecule has 0 spiro atoms. The predicted molar refractivity (Wildman–Crippen MR) is 64.1 cm³/mol. The first kappa shape index (κ1) is 12.9. The first-order valence-electron chi connectivity index (χ1n) is 5.67. The van der Waals surface area contributed by atoms with Crippen molar-refractivity contribution in [2.24, 2.45) is 5.73 Å². The molecule has 3 atom stereocenters.